The van der Waals surface area contributed by atoms with Gasteiger partial charge in [-0.15, -0.1) is 5.10 Å². The summed E-state index contributed by atoms with van der Waals surface area (Å²) in [6.07, 6.45) is 7.03. The molecule has 1 aromatic heterocycles. The summed E-state index contributed by atoms with van der Waals surface area (Å²) in [4.78, 5) is 2.52. The molecule has 2 atom stereocenters. The molecule has 0 bridgehead atoms. The van der Waals surface area contributed by atoms with Gasteiger partial charge in [-0.2, -0.15) is 4.68 Å². The first-order chi connectivity index (χ1) is 12.2. The molecule has 4 rings (SSSR count). The van der Waals surface area contributed by atoms with Crippen molar-refractivity contribution in [2.45, 2.75) is 70.5 Å². The van der Waals surface area contributed by atoms with Crippen molar-refractivity contribution in [3.63, 3.8) is 0 Å². The van der Waals surface area contributed by atoms with Gasteiger partial charge in [0.2, 0.25) is 0 Å². The fourth-order valence-corrected chi connectivity index (χ4v) is 4.81. The number of tetrazole rings is 1. The van der Waals surface area contributed by atoms with Gasteiger partial charge in [-0.05, 0) is 61.1 Å². The lowest BCUT2D eigenvalue weighted by Crippen LogP contribution is -2.41. The summed E-state index contributed by atoms with van der Waals surface area (Å²) in [5, 5.41) is 22.7. The zero-order valence-electron chi connectivity index (χ0n) is 15.1. The molecule has 0 spiro atoms. The maximum Gasteiger partial charge on any atom is 0.173 e. The van der Waals surface area contributed by atoms with E-state index in [1.807, 2.05) is 4.68 Å². The molecule has 25 heavy (non-hydrogen) atoms. The molecule has 1 aliphatic heterocycles. The lowest BCUT2D eigenvalue weighted by molar-refractivity contribution is 0.0829. The Morgan fingerprint density at radius 3 is 2.48 bits per heavy atom. The number of aromatic nitrogens is 4. The van der Waals surface area contributed by atoms with Gasteiger partial charge in [-0.1, -0.05) is 31.0 Å². The summed E-state index contributed by atoms with van der Waals surface area (Å²) in [6, 6.07) is 7.25. The first-order valence-electron chi connectivity index (χ1n) is 9.44. The van der Waals surface area contributed by atoms with Crippen molar-refractivity contribution in [1.29, 1.82) is 0 Å². The van der Waals surface area contributed by atoms with Crippen LogP contribution in [0.3, 0.4) is 0 Å². The molecule has 2 fully saturated rings. The topological polar surface area (TPSA) is 67.1 Å². The number of aryl methyl sites for hydroxylation is 2. The molecule has 0 radical (unpaired) electrons. The van der Waals surface area contributed by atoms with E-state index in [-0.39, 0.29) is 18.7 Å². The quantitative estimate of drug-likeness (QED) is 0.926. The minimum absolute atomic E-state index is 0.189. The number of hydrogen-bond acceptors (Lipinski definition) is 5. The Morgan fingerprint density at radius 1 is 1.08 bits per heavy atom. The van der Waals surface area contributed by atoms with Gasteiger partial charge in [0, 0.05) is 12.1 Å². The molecule has 1 N–H and O–H groups in total. The van der Waals surface area contributed by atoms with Crippen LogP contribution in [-0.2, 0) is 0 Å². The fourth-order valence-electron chi connectivity index (χ4n) is 4.81. The molecule has 2 aliphatic rings. The second-order valence-corrected chi connectivity index (χ2v) is 7.50. The highest BCUT2D eigenvalue weighted by Crippen LogP contribution is 2.41. The Labute approximate surface area is 148 Å². The SMILES string of the molecule is Cc1cccc(C)c1-n1nnnc1[C@H]1CC[C@@H](CO)N1C1CCCC1. The Bertz CT molecular complexity index is 717. The highest BCUT2D eigenvalue weighted by Gasteiger charge is 2.42. The Hall–Kier alpha value is -1.79. The first-order valence-corrected chi connectivity index (χ1v) is 9.44. The highest BCUT2D eigenvalue weighted by atomic mass is 16.3. The van der Waals surface area contributed by atoms with Gasteiger partial charge < -0.3 is 5.11 Å². The molecule has 0 amide bonds. The molecule has 2 aromatic rings. The fraction of sp³-hybridized carbons (Fsp3) is 0.632. The van der Waals surface area contributed by atoms with Crippen LogP contribution in [0.25, 0.3) is 5.69 Å². The van der Waals surface area contributed by atoms with E-state index in [0.717, 1.165) is 24.4 Å². The van der Waals surface area contributed by atoms with Crippen molar-refractivity contribution in [2.75, 3.05) is 6.61 Å². The molecule has 134 valence electrons. The second kappa shape index (κ2) is 6.84. The van der Waals surface area contributed by atoms with Gasteiger partial charge in [-0.25, -0.2) is 0 Å². The highest BCUT2D eigenvalue weighted by molar-refractivity contribution is 5.46. The third-order valence-electron chi connectivity index (χ3n) is 5.95. The zero-order valence-corrected chi connectivity index (χ0v) is 15.1. The second-order valence-electron chi connectivity index (χ2n) is 7.50. The van der Waals surface area contributed by atoms with Crippen molar-refractivity contribution in [3.8, 4) is 5.69 Å². The van der Waals surface area contributed by atoms with Crippen LogP contribution < -0.4 is 0 Å². The number of nitrogens with zero attached hydrogens (tertiary/aromatic N) is 5. The van der Waals surface area contributed by atoms with Crippen molar-refractivity contribution in [1.82, 2.24) is 25.1 Å². The molecule has 2 heterocycles. The van der Waals surface area contributed by atoms with Gasteiger partial charge in [0.25, 0.3) is 0 Å². The zero-order chi connectivity index (χ0) is 17.4. The largest absolute Gasteiger partial charge is 0.395 e. The predicted molar refractivity (Wildman–Crippen MR) is 95.6 cm³/mol. The van der Waals surface area contributed by atoms with Gasteiger partial charge in [-0.3, -0.25) is 4.90 Å². The van der Waals surface area contributed by atoms with Crippen LogP contribution in [0.1, 0.15) is 61.5 Å². The van der Waals surface area contributed by atoms with E-state index >= 15 is 0 Å². The van der Waals surface area contributed by atoms with E-state index in [0.29, 0.717) is 6.04 Å². The molecular formula is C19H27N5O. The first kappa shape index (κ1) is 16.7. The van der Waals surface area contributed by atoms with E-state index in [1.54, 1.807) is 0 Å². The van der Waals surface area contributed by atoms with E-state index in [9.17, 15) is 5.11 Å². The third-order valence-corrected chi connectivity index (χ3v) is 5.95. The van der Waals surface area contributed by atoms with Crippen LogP contribution in [0.15, 0.2) is 18.2 Å². The van der Waals surface area contributed by atoms with Gasteiger partial charge in [0.05, 0.1) is 18.3 Å². The van der Waals surface area contributed by atoms with Crippen molar-refractivity contribution in [3.05, 3.63) is 35.2 Å². The van der Waals surface area contributed by atoms with E-state index in [4.69, 9.17) is 0 Å². The molecule has 1 saturated carbocycles. The average molecular weight is 341 g/mol. The van der Waals surface area contributed by atoms with Crippen molar-refractivity contribution < 1.29 is 5.11 Å². The van der Waals surface area contributed by atoms with Crippen LogP contribution in [0.2, 0.25) is 0 Å². The summed E-state index contributed by atoms with van der Waals surface area (Å²) in [5.74, 6) is 0.917. The van der Waals surface area contributed by atoms with E-state index in [1.165, 1.54) is 36.8 Å². The minimum atomic E-state index is 0.189. The van der Waals surface area contributed by atoms with Crippen LogP contribution >= 0.6 is 0 Å². The summed E-state index contributed by atoms with van der Waals surface area (Å²) in [5.41, 5.74) is 3.44. The molecule has 6 heteroatoms. The lowest BCUT2D eigenvalue weighted by Gasteiger charge is -2.34. The van der Waals surface area contributed by atoms with Crippen LogP contribution in [0.5, 0.6) is 0 Å². The maximum absolute atomic E-state index is 9.89. The van der Waals surface area contributed by atoms with Gasteiger partial charge in [0.15, 0.2) is 5.82 Å². The third kappa shape index (κ3) is 2.87. The summed E-state index contributed by atoms with van der Waals surface area (Å²) >= 11 is 0. The van der Waals surface area contributed by atoms with Crippen molar-refractivity contribution >= 4 is 0 Å². The number of aliphatic hydroxyl groups excluding tert-OH is 1. The summed E-state index contributed by atoms with van der Waals surface area (Å²) in [7, 11) is 0. The number of likely N-dealkylation sites (tertiary alicyclic amines) is 1. The standard InChI is InChI=1S/C19H27N5O/c1-13-6-5-7-14(2)18(13)24-19(20-21-22-24)17-11-10-16(12-25)23(17)15-8-3-4-9-15/h5-7,15-17,25H,3-4,8-12H2,1-2H3/t16-,17+/m0/s1. The van der Waals surface area contributed by atoms with Crippen LogP contribution in [-0.4, -0.2) is 48.9 Å². The number of hydrogen-bond donors (Lipinski definition) is 1. The van der Waals surface area contributed by atoms with E-state index < -0.39 is 0 Å². The molecule has 1 saturated heterocycles. The maximum atomic E-state index is 9.89. The number of aliphatic hydroxyl groups is 1. The molecule has 1 aromatic carbocycles. The van der Waals surface area contributed by atoms with Crippen LogP contribution in [0.4, 0.5) is 0 Å². The number of para-hydroxylation sites is 1. The minimum Gasteiger partial charge on any atom is -0.395 e. The average Bonchev–Trinajstić information content (AvgIpc) is 3.34. The number of rotatable bonds is 4. The molecule has 0 unspecified atom stereocenters. The Kier molecular flexibility index (Phi) is 4.56. The van der Waals surface area contributed by atoms with Gasteiger partial charge in [0.1, 0.15) is 0 Å². The van der Waals surface area contributed by atoms with Crippen molar-refractivity contribution in [2.24, 2.45) is 0 Å². The summed E-state index contributed by atoms with van der Waals surface area (Å²) < 4.78 is 1.93. The Morgan fingerprint density at radius 2 is 1.80 bits per heavy atom. The smallest absolute Gasteiger partial charge is 0.173 e. The van der Waals surface area contributed by atoms with Crippen LogP contribution in [0, 0.1) is 13.8 Å². The normalized spacial score (nSPS) is 25.1. The van der Waals surface area contributed by atoms with E-state index in [2.05, 4.69) is 52.5 Å². The summed E-state index contributed by atoms with van der Waals surface area (Å²) in [6.45, 7) is 4.43. The Balaban J connectivity index is 1.74. The molecule has 1 aliphatic carbocycles. The monoisotopic (exact) mass is 341 g/mol. The molecular weight excluding hydrogens is 314 g/mol. The molecule has 6 nitrogen and oxygen atoms in total. The van der Waals surface area contributed by atoms with Gasteiger partial charge >= 0.3 is 0 Å². The predicted octanol–water partition coefficient (Wildman–Crippen LogP) is 2.72. The lowest BCUT2D eigenvalue weighted by atomic mass is 10.1. The number of benzene rings is 1.